The zero-order chi connectivity index (χ0) is 19.1. The van der Waals surface area contributed by atoms with E-state index in [1.165, 1.54) is 9.47 Å². The van der Waals surface area contributed by atoms with E-state index in [9.17, 15) is 19.2 Å². The summed E-state index contributed by atoms with van der Waals surface area (Å²) in [6, 6.07) is 6.63. The molecule has 0 aliphatic carbocycles. The molecule has 1 unspecified atom stereocenters. The Kier molecular flexibility index (Phi) is 3.98. The van der Waals surface area contributed by atoms with Gasteiger partial charge in [-0.1, -0.05) is 12.1 Å². The number of likely N-dealkylation sites (tertiary alicyclic amines) is 1. The minimum absolute atomic E-state index is 0.146. The minimum atomic E-state index is -0.741. The van der Waals surface area contributed by atoms with Crippen molar-refractivity contribution in [3.63, 3.8) is 0 Å². The van der Waals surface area contributed by atoms with E-state index in [0.717, 1.165) is 12.6 Å². The van der Waals surface area contributed by atoms with Crippen LogP contribution in [-0.2, 0) is 7.05 Å². The molecule has 0 saturated carbocycles. The molecule has 3 heterocycles. The fourth-order valence-corrected chi connectivity index (χ4v) is 3.53. The van der Waals surface area contributed by atoms with Gasteiger partial charge >= 0.3 is 5.69 Å². The molecule has 1 saturated heterocycles. The Morgan fingerprint density at radius 2 is 2.00 bits per heavy atom. The molecule has 27 heavy (non-hydrogen) atoms. The predicted octanol–water partition coefficient (Wildman–Crippen LogP) is 0.287. The SMILES string of the molecule is Cn1c(C2CCCN2C(=O)c2c[nH]c(=O)[nH]c2=O)nc2ccccc2c1=O. The molecule has 138 valence electrons. The van der Waals surface area contributed by atoms with Crippen LogP contribution in [0.25, 0.3) is 10.9 Å². The Morgan fingerprint density at radius 1 is 1.22 bits per heavy atom. The molecule has 0 radical (unpaired) electrons. The number of aromatic nitrogens is 4. The van der Waals surface area contributed by atoms with E-state index >= 15 is 0 Å². The number of nitrogens with zero attached hydrogens (tertiary/aromatic N) is 3. The molecule has 9 heteroatoms. The van der Waals surface area contributed by atoms with E-state index in [2.05, 4.69) is 15.0 Å². The third-order valence-corrected chi connectivity index (χ3v) is 4.88. The first kappa shape index (κ1) is 17.0. The number of rotatable bonds is 2. The molecule has 1 aliphatic rings. The van der Waals surface area contributed by atoms with Gasteiger partial charge in [0, 0.05) is 19.8 Å². The number of hydrogen-bond acceptors (Lipinski definition) is 5. The summed E-state index contributed by atoms with van der Waals surface area (Å²) in [6.07, 6.45) is 2.47. The van der Waals surface area contributed by atoms with Crippen molar-refractivity contribution in [2.75, 3.05) is 6.54 Å². The van der Waals surface area contributed by atoms with Gasteiger partial charge in [0.1, 0.15) is 11.4 Å². The summed E-state index contributed by atoms with van der Waals surface area (Å²) in [5.41, 5.74) is -1.18. The third-order valence-electron chi connectivity index (χ3n) is 4.88. The first-order valence-corrected chi connectivity index (χ1v) is 8.56. The lowest BCUT2D eigenvalue weighted by atomic mass is 10.1. The second-order valence-corrected chi connectivity index (χ2v) is 6.49. The molecule has 1 aromatic carbocycles. The van der Waals surface area contributed by atoms with Crippen LogP contribution in [0.4, 0.5) is 0 Å². The Hall–Kier alpha value is -3.49. The Bertz CT molecular complexity index is 1220. The molecule has 1 atom stereocenters. The van der Waals surface area contributed by atoms with Gasteiger partial charge in [0.25, 0.3) is 17.0 Å². The molecule has 1 aliphatic heterocycles. The number of carbonyl (C=O) groups is 1. The monoisotopic (exact) mass is 367 g/mol. The standard InChI is InChI=1S/C18H17N5O4/c1-22-14(20-12-6-3-2-5-10(12)16(22)25)13-7-4-8-23(13)17(26)11-9-19-18(27)21-15(11)24/h2-3,5-6,9,13H,4,7-8H2,1H3,(H2,19,21,24,27). The average molecular weight is 367 g/mol. The van der Waals surface area contributed by atoms with Crippen molar-refractivity contribution in [3.8, 4) is 0 Å². The van der Waals surface area contributed by atoms with Crippen molar-refractivity contribution in [3.05, 3.63) is 73.0 Å². The van der Waals surface area contributed by atoms with Crippen LogP contribution in [-0.4, -0.2) is 36.9 Å². The maximum Gasteiger partial charge on any atom is 0.325 e. The second-order valence-electron chi connectivity index (χ2n) is 6.49. The predicted molar refractivity (Wildman–Crippen MR) is 97.7 cm³/mol. The average Bonchev–Trinajstić information content (AvgIpc) is 3.14. The van der Waals surface area contributed by atoms with E-state index < -0.39 is 23.2 Å². The lowest BCUT2D eigenvalue weighted by Gasteiger charge is -2.25. The summed E-state index contributed by atoms with van der Waals surface area (Å²) >= 11 is 0. The number of benzene rings is 1. The fraction of sp³-hybridized carbons (Fsp3) is 0.278. The normalized spacial score (nSPS) is 16.8. The number of para-hydroxylation sites is 1. The number of hydrogen-bond donors (Lipinski definition) is 2. The molecule has 1 amide bonds. The van der Waals surface area contributed by atoms with Crippen LogP contribution in [0.2, 0.25) is 0 Å². The van der Waals surface area contributed by atoms with Gasteiger partial charge in [-0.05, 0) is 25.0 Å². The number of amides is 1. The van der Waals surface area contributed by atoms with Gasteiger partial charge in [0.15, 0.2) is 0 Å². The Morgan fingerprint density at radius 3 is 2.78 bits per heavy atom. The number of H-pyrrole nitrogens is 2. The van der Waals surface area contributed by atoms with Gasteiger partial charge in [-0.3, -0.25) is 23.9 Å². The summed E-state index contributed by atoms with van der Waals surface area (Å²) in [5.74, 6) is -0.0252. The van der Waals surface area contributed by atoms with E-state index in [0.29, 0.717) is 29.7 Å². The van der Waals surface area contributed by atoms with E-state index in [-0.39, 0.29) is 11.1 Å². The van der Waals surface area contributed by atoms with Crippen molar-refractivity contribution in [2.24, 2.45) is 7.05 Å². The number of aromatic amines is 2. The van der Waals surface area contributed by atoms with Crippen molar-refractivity contribution in [1.29, 1.82) is 0 Å². The molecule has 2 N–H and O–H groups in total. The van der Waals surface area contributed by atoms with Gasteiger partial charge < -0.3 is 9.88 Å². The molecule has 2 aromatic heterocycles. The van der Waals surface area contributed by atoms with Gasteiger partial charge in [0.2, 0.25) is 0 Å². The van der Waals surface area contributed by atoms with Crippen molar-refractivity contribution < 1.29 is 4.79 Å². The first-order valence-electron chi connectivity index (χ1n) is 8.56. The molecule has 1 fully saturated rings. The highest BCUT2D eigenvalue weighted by atomic mass is 16.2. The highest BCUT2D eigenvalue weighted by Gasteiger charge is 2.34. The third kappa shape index (κ3) is 2.77. The van der Waals surface area contributed by atoms with Gasteiger partial charge in [-0.25, -0.2) is 9.78 Å². The Labute approximate surface area is 152 Å². The van der Waals surface area contributed by atoms with Crippen LogP contribution >= 0.6 is 0 Å². The zero-order valence-corrected chi connectivity index (χ0v) is 14.6. The van der Waals surface area contributed by atoms with Crippen LogP contribution < -0.4 is 16.8 Å². The number of nitrogens with one attached hydrogen (secondary N) is 2. The van der Waals surface area contributed by atoms with Crippen LogP contribution in [0, 0.1) is 0 Å². The van der Waals surface area contributed by atoms with Gasteiger partial charge in [-0.2, -0.15) is 0 Å². The summed E-state index contributed by atoms with van der Waals surface area (Å²) in [7, 11) is 1.63. The molecule has 9 nitrogen and oxygen atoms in total. The molecule has 0 bridgehead atoms. The minimum Gasteiger partial charge on any atom is -0.328 e. The lowest BCUT2D eigenvalue weighted by Crippen LogP contribution is -2.38. The Balaban J connectivity index is 1.80. The van der Waals surface area contributed by atoms with Gasteiger partial charge in [0.05, 0.1) is 16.9 Å². The zero-order valence-electron chi connectivity index (χ0n) is 14.6. The number of fused-ring (bicyclic) bond motifs is 1. The van der Waals surface area contributed by atoms with Crippen LogP contribution in [0.15, 0.2) is 44.8 Å². The highest BCUT2D eigenvalue weighted by molar-refractivity contribution is 5.94. The van der Waals surface area contributed by atoms with Crippen molar-refractivity contribution in [1.82, 2.24) is 24.4 Å². The van der Waals surface area contributed by atoms with E-state index in [1.807, 2.05) is 0 Å². The second kappa shape index (κ2) is 6.35. The lowest BCUT2D eigenvalue weighted by molar-refractivity contribution is 0.0725. The topological polar surface area (TPSA) is 121 Å². The van der Waals surface area contributed by atoms with E-state index in [1.54, 1.807) is 31.3 Å². The summed E-state index contributed by atoms with van der Waals surface area (Å²) in [6.45, 7) is 0.435. The maximum atomic E-state index is 12.9. The largest absolute Gasteiger partial charge is 0.328 e. The molecule has 3 aromatic rings. The fourth-order valence-electron chi connectivity index (χ4n) is 3.53. The summed E-state index contributed by atoms with van der Waals surface area (Å²) in [4.78, 5) is 59.2. The van der Waals surface area contributed by atoms with Crippen LogP contribution in [0.3, 0.4) is 0 Å². The molecule has 4 rings (SSSR count). The molecular formula is C18H17N5O4. The quantitative estimate of drug-likeness (QED) is 0.674. The van der Waals surface area contributed by atoms with Crippen molar-refractivity contribution in [2.45, 2.75) is 18.9 Å². The smallest absolute Gasteiger partial charge is 0.325 e. The maximum absolute atomic E-state index is 12.9. The highest BCUT2D eigenvalue weighted by Crippen LogP contribution is 2.31. The van der Waals surface area contributed by atoms with Gasteiger partial charge in [-0.15, -0.1) is 0 Å². The summed E-state index contributed by atoms with van der Waals surface area (Å²) in [5, 5.41) is 0.511. The van der Waals surface area contributed by atoms with E-state index in [4.69, 9.17) is 0 Å². The van der Waals surface area contributed by atoms with Crippen LogP contribution in [0.5, 0.6) is 0 Å². The van der Waals surface area contributed by atoms with Crippen molar-refractivity contribution >= 4 is 16.8 Å². The number of carbonyl (C=O) groups excluding carboxylic acids is 1. The molecular weight excluding hydrogens is 350 g/mol. The summed E-state index contributed by atoms with van der Waals surface area (Å²) < 4.78 is 1.45. The van der Waals surface area contributed by atoms with Crippen LogP contribution in [0.1, 0.15) is 35.1 Å². The first-order chi connectivity index (χ1) is 13.0. The molecule has 0 spiro atoms.